The number of imidazole rings is 1. The van der Waals surface area contributed by atoms with Crippen LogP contribution in [0.5, 0.6) is 0 Å². The van der Waals surface area contributed by atoms with Gasteiger partial charge in [-0.3, -0.25) is 4.99 Å². The van der Waals surface area contributed by atoms with E-state index in [4.69, 9.17) is 4.99 Å². The third-order valence-corrected chi connectivity index (χ3v) is 18.4. The second kappa shape index (κ2) is 48.5. The van der Waals surface area contributed by atoms with E-state index in [0.717, 1.165) is 39.4 Å². The Labute approximate surface area is 524 Å². The molecule has 0 N–H and O–H groups in total. The maximum absolute atomic E-state index is 4.84. The molecule has 7 rings (SSSR count). The predicted molar refractivity (Wildman–Crippen MR) is 374 cm³/mol. The number of benzene rings is 3. The minimum atomic E-state index is 0.971. The molecule has 3 aliphatic rings. The lowest BCUT2D eigenvalue weighted by atomic mass is 10.0. The van der Waals surface area contributed by atoms with Gasteiger partial charge >= 0.3 is 0 Å². The fourth-order valence-corrected chi connectivity index (χ4v) is 12.9. The predicted octanol–water partition coefficient (Wildman–Crippen LogP) is 22.9. The van der Waals surface area contributed by atoms with Gasteiger partial charge in [-0.05, 0) is 61.9 Å². The van der Waals surface area contributed by atoms with Crippen molar-refractivity contribution in [1.29, 1.82) is 0 Å². The van der Waals surface area contributed by atoms with Crippen LogP contribution in [0.25, 0.3) is 0 Å². The highest BCUT2D eigenvalue weighted by molar-refractivity contribution is 6.16. The van der Waals surface area contributed by atoms with Crippen LogP contribution in [-0.4, -0.2) is 48.3 Å². The van der Waals surface area contributed by atoms with E-state index in [-0.39, 0.29) is 0 Å². The van der Waals surface area contributed by atoms with Crippen LogP contribution in [0.4, 0.5) is 17.1 Å². The van der Waals surface area contributed by atoms with Crippen LogP contribution in [0, 0.1) is 6.92 Å². The number of guanidine groups is 1. The molecule has 0 saturated carbocycles. The molecular formula is C78H130N7+. The van der Waals surface area contributed by atoms with E-state index in [1.54, 1.807) is 0 Å². The summed E-state index contributed by atoms with van der Waals surface area (Å²) < 4.78 is 4.78. The van der Waals surface area contributed by atoms with E-state index >= 15 is 0 Å². The summed E-state index contributed by atoms with van der Waals surface area (Å²) >= 11 is 0. The summed E-state index contributed by atoms with van der Waals surface area (Å²) in [5, 5.41) is 0. The van der Waals surface area contributed by atoms with Crippen molar-refractivity contribution in [2.75, 3.05) is 47.5 Å². The Hall–Kier alpha value is -4.52. The average Bonchev–Trinajstić information content (AvgIpc) is 2.24. The van der Waals surface area contributed by atoms with Gasteiger partial charge in [-0.2, -0.15) is 0 Å². The van der Waals surface area contributed by atoms with Crippen molar-refractivity contribution in [3.63, 3.8) is 0 Å². The zero-order valence-electron chi connectivity index (χ0n) is 55.9. The highest BCUT2D eigenvalue weighted by atomic mass is 15.4. The second-order valence-electron chi connectivity index (χ2n) is 25.8. The van der Waals surface area contributed by atoms with Crippen LogP contribution in [-0.2, 0) is 13.1 Å². The first-order valence-corrected chi connectivity index (χ1v) is 36.6. The van der Waals surface area contributed by atoms with Gasteiger partial charge in [-0.1, -0.05) is 325 Å². The van der Waals surface area contributed by atoms with Gasteiger partial charge < -0.3 is 19.6 Å². The van der Waals surface area contributed by atoms with Crippen molar-refractivity contribution < 1.29 is 4.57 Å². The standard InChI is InChI=1S/C27H45N2.C26H43N3.C25H42N2/c1-3-4-5-6-7-8-9-10-11-12-13-14-15-19-22-28-23-24-29(26(28)2)25-27-20-17-16-18-21-27;1-2-3-4-5-6-7-8-9-10-11-12-13-14-17-22-28-24-19-15-16-20-25(24)29-23-18-21-27-26(28)29;1-2-3-4-5-6-7-8-9-10-11-12-13-14-18-21-26-22-23-27(24-26)25-19-16-15-17-20-25/h16-18,20-21,23-24H,3-15,19,22,25H2,1-2H3;15-16,19-20H,2-14,17-18,21-23H2,1H3;15-17,19-20,22-23H,2-14,18,21,24H2,1H3/q+1;;. The summed E-state index contributed by atoms with van der Waals surface area (Å²) in [6.07, 6.45) is 69.9. The number of fused-ring (bicyclic) bond motifs is 3. The Balaban J connectivity index is 0.000000233. The van der Waals surface area contributed by atoms with Gasteiger partial charge in [0.15, 0.2) is 0 Å². The van der Waals surface area contributed by atoms with Crippen LogP contribution in [0.1, 0.15) is 308 Å². The molecule has 3 aliphatic heterocycles. The molecule has 0 radical (unpaired) electrons. The van der Waals surface area contributed by atoms with Gasteiger partial charge in [-0.15, -0.1) is 0 Å². The Bertz CT molecular complexity index is 2220. The van der Waals surface area contributed by atoms with Crippen molar-refractivity contribution in [2.45, 2.75) is 317 Å². The number of hydrogen-bond donors (Lipinski definition) is 0. The first-order chi connectivity index (χ1) is 42.1. The van der Waals surface area contributed by atoms with E-state index < -0.39 is 0 Å². The molecule has 476 valence electrons. The maximum atomic E-state index is 4.84. The number of para-hydroxylation sites is 3. The second-order valence-corrected chi connectivity index (χ2v) is 25.8. The van der Waals surface area contributed by atoms with E-state index in [1.807, 2.05) is 0 Å². The number of unbranched alkanes of at least 4 members (excludes halogenated alkanes) is 39. The van der Waals surface area contributed by atoms with E-state index in [9.17, 15) is 0 Å². The summed E-state index contributed by atoms with van der Waals surface area (Å²) in [5.41, 5.74) is 5.38. The van der Waals surface area contributed by atoms with Gasteiger partial charge in [0.25, 0.3) is 5.82 Å². The molecule has 0 unspecified atom stereocenters. The number of hydrogen-bond acceptors (Lipinski definition) is 5. The first-order valence-electron chi connectivity index (χ1n) is 36.6. The van der Waals surface area contributed by atoms with Crippen LogP contribution < -0.4 is 19.3 Å². The smallest absolute Gasteiger partial charge is 0.253 e. The number of aliphatic imine (C=N–C) groups is 1. The van der Waals surface area contributed by atoms with Crippen molar-refractivity contribution in [3.8, 4) is 0 Å². The highest BCUT2D eigenvalue weighted by Gasteiger charge is 2.33. The van der Waals surface area contributed by atoms with Crippen LogP contribution >= 0.6 is 0 Å². The molecule has 4 aromatic rings. The summed E-state index contributed by atoms with van der Waals surface area (Å²) in [4.78, 5) is 14.5. The molecule has 0 atom stereocenters. The van der Waals surface area contributed by atoms with E-state index in [0.29, 0.717) is 0 Å². The third kappa shape index (κ3) is 31.3. The zero-order valence-corrected chi connectivity index (χ0v) is 55.9. The third-order valence-electron chi connectivity index (χ3n) is 18.4. The van der Waals surface area contributed by atoms with Crippen molar-refractivity contribution in [2.24, 2.45) is 4.99 Å². The monoisotopic (exact) mass is 1170 g/mol. The molecule has 7 nitrogen and oxygen atoms in total. The zero-order chi connectivity index (χ0) is 59.7. The van der Waals surface area contributed by atoms with Crippen molar-refractivity contribution in [3.05, 3.63) is 121 Å². The Morgan fingerprint density at radius 3 is 1.28 bits per heavy atom. The molecule has 4 heterocycles. The molecule has 0 aliphatic carbocycles. The van der Waals surface area contributed by atoms with Crippen molar-refractivity contribution >= 4 is 23.0 Å². The normalized spacial score (nSPS) is 13.4. The lowest BCUT2D eigenvalue weighted by Gasteiger charge is -2.26. The number of nitrogens with zero attached hydrogens (tertiary/aromatic N) is 7. The summed E-state index contributed by atoms with van der Waals surface area (Å²) in [6, 6.07) is 30.2. The largest absolute Gasteiger partial charge is 0.358 e. The number of aromatic nitrogens is 2. The minimum absolute atomic E-state index is 0.971. The molecule has 0 spiro atoms. The van der Waals surface area contributed by atoms with Gasteiger partial charge in [0, 0.05) is 51.2 Å². The molecule has 1 aromatic heterocycles. The van der Waals surface area contributed by atoms with E-state index in [1.165, 1.54) is 317 Å². The minimum Gasteiger partial charge on any atom is -0.358 e. The highest BCUT2D eigenvalue weighted by Crippen LogP contribution is 2.38. The molecule has 0 fully saturated rings. The number of anilines is 3. The fraction of sp³-hybridized carbons (Fsp3) is 0.692. The molecule has 7 heteroatoms. The summed E-state index contributed by atoms with van der Waals surface area (Å²) in [7, 11) is 0. The topological polar surface area (TPSA) is 34.1 Å². The van der Waals surface area contributed by atoms with Crippen LogP contribution in [0.3, 0.4) is 0 Å². The lowest BCUT2D eigenvalue weighted by molar-refractivity contribution is -0.694. The summed E-state index contributed by atoms with van der Waals surface area (Å²) in [5.74, 6) is 2.57. The Morgan fingerprint density at radius 2 is 0.812 bits per heavy atom. The average molecular weight is 1170 g/mol. The molecule has 3 aromatic carbocycles. The van der Waals surface area contributed by atoms with Gasteiger partial charge in [0.1, 0.15) is 18.9 Å². The first kappa shape index (κ1) is 71.2. The molecule has 85 heavy (non-hydrogen) atoms. The molecule has 0 bridgehead atoms. The van der Waals surface area contributed by atoms with Crippen molar-refractivity contribution in [1.82, 2.24) is 9.47 Å². The van der Waals surface area contributed by atoms with Crippen LogP contribution in [0.2, 0.25) is 0 Å². The van der Waals surface area contributed by atoms with Gasteiger partial charge in [-0.25, -0.2) is 9.13 Å². The van der Waals surface area contributed by atoms with E-state index in [2.05, 4.69) is 166 Å². The molecular weight excluding hydrogens is 1030 g/mol. The Kier molecular flexibility index (Phi) is 40.6. The molecule has 0 saturated heterocycles. The van der Waals surface area contributed by atoms with Gasteiger partial charge in [0.05, 0.1) is 24.6 Å². The molecule has 0 amide bonds. The SMILES string of the molecule is CCCCCCCCCCCCCCCCN1C2=NCCCN2c2ccccc21.CCCCCCCCCCCCCCCCN1C=CN(c2ccccc2)C1.CCCCCCCCCCCCCCCCn1cc[n+](Cc2ccccc2)c1C. The number of aryl methyl sites for hydroxylation is 1. The lowest BCUT2D eigenvalue weighted by Crippen LogP contribution is -2.42. The van der Waals surface area contributed by atoms with Gasteiger partial charge in [0.2, 0.25) is 5.96 Å². The number of rotatable bonds is 48. The Morgan fingerprint density at radius 1 is 0.412 bits per heavy atom. The fourth-order valence-electron chi connectivity index (χ4n) is 12.9. The maximum Gasteiger partial charge on any atom is 0.253 e. The quantitative estimate of drug-likeness (QED) is 0.0326. The summed E-state index contributed by atoms with van der Waals surface area (Å²) in [6.45, 7) is 16.7. The van der Waals surface area contributed by atoms with Crippen LogP contribution in [0.15, 0.2) is 115 Å².